The number of aromatic carboxylic acids is 1. The van der Waals surface area contributed by atoms with E-state index in [0.29, 0.717) is 0 Å². The molecule has 0 unspecified atom stereocenters. The van der Waals surface area contributed by atoms with Crippen LogP contribution in [-0.4, -0.2) is 23.0 Å². The third kappa shape index (κ3) is 4.56. The van der Waals surface area contributed by atoms with Crippen molar-refractivity contribution < 1.29 is 9.90 Å². The van der Waals surface area contributed by atoms with Gasteiger partial charge in [-0.05, 0) is 42.4 Å². The van der Waals surface area contributed by atoms with Crippen LogP contribution in [0, 0.1) is 0 Å². The molecule has 0 amide bonds. The topological polar surface area (TPSA) is 40.5 Å². The van der Waals surface area contributed by atoms with Crippen molar-refractivity contribution in [2.24, 2.45) is 0 Å². The summed E-state index contributed by atoms with van der Waals surface area (Å²) in [5, 5.41) is 9.69. The predicted octanol–water partition coefficient (Wildman–Crippen LogP) is 4.43. The number of benzene rings is 2. The average molecular weight is 369 g/mol. The van der Waals surface area contributed by atoms with E-state index in [4.69, 9.17) is 16.7 Å². The second-order valence-corrected chi connectivity index (χ2v) is 6.20. The molecule has 0 spiro atoms. The Bertz CT molecular complexity index is 643. The minimum Gasteiger partial charge on any atom is -0.478 e. The lowest BCUT2D eigenvalue weighted by molar-refractivity contribution is 0.0697. The Kier molecular flexibility index (Phi) is 5.39. The third-order valence-corrected chi connectivity index (χ3v) is 4.10. The summed E-state index contributed by atoms with van der Waals surface area (Å²) < 4.78 is 0.811. The minimum absolute atomic E-state index is 0.283. The van der Waals surface area contributed by atoms with Crippen molar-refractivity contribution in [3.05, 3.63) is 68.7 Å². The third-order valence-electron chi connectivity index (χ3n) is 3.11. The molecule has 3 nitrogen and oxygen atoms in total. The monoisotopic (exact) mass is 367 g/mol. The van der Waals surface area contributed by atoms with Crippen LogP contribution in [0.2, 0.25) is 5.02 Å². The summed E-state index contributed by atoms with van der Waals surface area (Å²) in [5.74, 6) is -0.920. The van der Waals surface area contributed by atoms with Crippen molar-refractivity contribution in [2.45, 2.75) is 13.1 Å². The number of hydrogen-bond donors (Lipinski definition) is 1. The molecule has 110 valence electrons. The molecule has 0 bridgehead atoms. The van der Waals surface area contributed by atoms with Gasteiger partial charge in [-0.25, -0.2) is 4.79 Å². The molecule has 21 heavy (non-hydrogen) atoms. The highest BCUT2D eigenvalue weighted by molar-refractivity contribution is 9.10. The molecule has 0 aliphatic carbocycles. The number of carboxylic acid groups (broad SMARTS) is 1. The molecule has 0 aromatic heterocycles. The van der Waals surface area contributed by atoms with Crippen LogP contribution in [0.4, 0.5) is 0 Å². The van der Waals surface area contributed by atoms with E-state index in [9.17, 15) is 4.79 Å². The van der Waals surface area contributed by atoms with Gasteiger partial charge in [0, 0.05) is 22.6 Å². The Morgan fingerprint density at radius 1 is 1.19 bits per heavy atom. The first kappa shape index (κ1) is 16.0. The lowest BCUT2D eigenvalue weighted by Crippen LogP contribution is -2.17. The highest BCUT2D eigenvalue weighted by Crippen LogP contribution is 2.21. The SMILES string of the molecule is CN(Cc1ccc(Cl)cc1)Cc1ccc(C(=O)O)cc1Br. The maximum atomic E-state index is 10.9. The van der Waals surface area contributed by atoms with Crippen LogP contribution in [0.1, 0.15) is 21.5 Å². The highest BCUT2D eigenvalue weighted by Gasteiger charge is 2.09. The van der Waals surface area contributed by atoms with E-state index < -0.39 is 5.97 Å². The maximum absolute atomic E-state index is 10.9. The van der Waals surface area contributed by atoms with Crippen molar-refractivity contribution in [1.82, 2.24) is 4.90 Å². The van der Waals surface area contributed by atoms with E-state index in [-0.39, 0.29) is 5.56 Å². The Balaban J connectivity index is 2.04. The first-order valence-corrected chi connectivity index (χ1v) is 7.57. The van der Waals surface area contributed by atoms with Crippen LogP contribution < -0.4 is 0 Å². The van der Waals surface area contributed by atoms with Crippen molar-refractivity contribution in [3.8, 4) is 0 Å². The Labute approximate surface area is 137 Å². The van der Waals surface area contributed by atoms with Crippen LogP contribution in [0.3, 0.4) is 0 Å². The first-order chi connectivity index (χ1) is 9.95. The van der Waals surface area contributed by atoms with E-state index in [1.807, 2.05) is 37.4 Å². The fourth-order valence-corrected chi connectivity index (χ4v) is 2.69. The molecular weight excluding hydrogens is 354 g/mol. The number of nitrogens with zero attached hydrogens (tertiary/aromatic N) is 1. The zero-order valence-corrected chi connectivity index (χ0v) is 13.9. The fraction of sp³-hybridized carbons (Fsp3) is 0.188. The predicted molar refractivity (Wildman–Crippen MR) is 87.7 cm³/mol. The number of hydrogen-bond acceptors (Lipinski definition) is 2. The molecule has 0 radical (unpaired) electrons. The number of carbonyl (C=O) groups is 1. The molecule has 1 N–H and O–H groups in total. The van der Waals surface area contributed by atoms with Crippen LogP contribution in [0.15, 0.2) is 46.9 Å². The van der Waals surface area contributed by atoms with Gasteiger partial charge in [0.1, 0.15) is 0 Å². The molecular formula is C16H15BrClNO2. The molecule has 2 aromatic carbocycles. The first-order valence-electron chi connectivity index (χ1n) is 6.40. The maximum Gasteiger partial charge on any atom is 0.335 e. The number of rotatable bonds is 5. The Morgan fingerprint density at radius 2 is 1.86 bits per heavy atom. The molecule has 0 heterocycles. The summed E-state index contributed by atoms with van der Waals surface area (Å²) in [4.78, 5) is 13.1. The van der Waals surface area contributed by atoms with Gasteiger partial charge in [-0.15, -0.1) is 0 Å². The van der Waals surface area contributed by atoms with Gasteiger partial charge in [-0.2, -0.15) is 0 Å². The average Bonchev–Trinajstić information content (AvgIpc) is 2.43. The highest BCUT2D eigenvalue weighted by atomic mass is 79.9. The summed E-state index contributed by atoms with van der Waals surface area (Å²) >= 11 is 9.30. The Morgan fingerprint density at radius 3 is 2.43 bits per heavy atom. The zero-order chi connectivity index (χ0) is 15.4. The molecule has 0 fully saturated rings. The van der Waals surface area contributed by atoms with Crippen molar-refractivity contribution in [2.75, 3.05) is 7.05 Å². The largest absolute Gasteiger partial charge is 0.478 e. The zero-order valence-electron chi connectivity index (χ0n) is 11.5. The van der Waals surface area contributed by atoms with Gasteiger partial charge in [0.05, 0.1) is 5.56 Å². The van der Waals surface area contributed by atoms with Gasteiger partial charge < -0.3 is 5.11 Å². The molecule has 0 saturated carbocycles. The summed E-state index contributed by atoms with van der Waals surface area (Å²) in [7, 11) is 2.02. The van der Waals surface area contributed by atoms with Crippen molar-refractivity contribution >= 4 is 33.5 Å². The van der Waals surface area contributed by atoms with Crippen LogP contribution in [0.25, 0.3) is 0 Å². The van der Waals surface area contributed by atoms with Crippen molar-refractivity contribution in [1.29, 1.82) is 0 Å². The standard InChI is InChI=1S/C16H15BrClNO2/c1-19(9-11-2-6-14(18)7-3-11)10-13-5-4-12(16(20)21)8-15(13)17/h2-8H,9-10H2,1H3,(H,20,21). The normalized spacial score (nSPS) is 10.9. The second kappa shape index (κ2) is 7.07. The number of halogens is 2. The van der Waals surface area contributed by atoms with Crippen molar-refractivity contribution in [3.63, 3.8) is 0 Å². The smallest absolute Gasteiger partial charge is 0.335 e. The lowest BCUT2D eigenvalue weighted by atomic mass is 10.1. The van der Waals surface area contributed by atoms with Gasteiger partial charge in [-0.3, -0.25) is 4.90 Å². The van der Waals surface area contributed by atoms with Gasteiger partial charge in [0.2, 0.25) is 0 Å². The summed E-state index contributed by atoms with van der Waals surface area (Å²) in [6.45, 7) is 1.52. The van der Waals surface area contributed by atoms with E-state index >= 15 is 0 Å². The molecule has 0 atom stereocenters. The summed E-state index contributed by atoms with van der Waals surface area (Å²) in [6.07, 6.45) is 0. The van der Waals surface area contributed by atoms with E-state index in [1.165, 1.54) is 5.56 Å². The van der Waals surface area contributed by atoms with Gasteiger partial charge >= 0.3 is 5.97 Å². The van der Waals surface area contributed by atoms with Gasteiger partial charge in [-0.1, -0.05) is 45.7 Å². The van der Waals surface area contributed by atoms with Crippen LogP contribution in [-0.2, 0) is 13.1 Å². The van der Waals surface area contributed by atoms with E-state index in [2.05, 4.69) is 20.8 Å². The molecule has 0 aliphatic rings. The fourth-order valence-electron chi connectivity index (χ4n) is 2.06. The molecule has 5 heteroatoms. The summed E-state index contributed by atoms with van der Waals surface area (Å²) in [6, 6.07) is 12.9. The summed E-state index contributed by atoms with van der Waals surface area (Å²) in [5.41, 5.74) is 2.52. The molecule has 2 aromatic rings. The number of carboxylic acids is 1. The molecule has 0 saturated heterocycles. The second-order valence-electron chi connectivity index (χ2n) is 4.91. The van der Waals surface area contributed by atoms with E-state index in [1.54, 1.807) is 12.1 Å². The van der Waals surface area contributed by atoms with Gasteiger partial charge in [0.15, 0.2) is 0 Å². The quantitative estimate of drug-likeness (QED) is 0.848. The molecule has 2 rings (SSSR count). The minimum atomic E-state index is -0.920. The lowest BCUT2D eigenvalue weighted by Gasteiger charge is -2.18. The van der Waals surface area contributed by atoms with Crippen LogP contribution in [0.5, 0.6) is 0 Å². The van der Waals surface area contributed by atoms with Crippen LogP contribution >= 0.6 is 27.5 Å². The Hall–Kier alpha value is -1.36. The van der Waals surface area contributed by atoms with E-state index in [0.717, 1.165) is 28.1 Å². The molecule has 0 aliphatic heterocycles. The van der Waals surface area contributed by atoms with Gasteiger partial charge in [0.25, 0.3) is 0 Å².